The molecule has 3 aliphatic heterocycles. The number of amides is 1. The summed E-state index contributed by atoms with van der Waals surface area (Å²) < 4.78 is 61.0. The molecular weight excluding hydrogens is 681 g/mol. The van der Waals surface area contributed by atoms with Crippen molar-refractivity contribution in [2.45, 2.75) is 36.3 Å². The second kappa shape index (κ2) is 14.1. The molecule has 0 saturated carbocycles. The number of sulfonamides is 1. The number of carbonyl (C=O) groups excluding carboxylic acids is 2. The molecule has 16 heteroatoms. The number of benzene rings is 2. The number of hydroxylamine groups is 2. The highest BCUT2D eigenvalue weighted by Crippen LogP contribution is 2.52. The third kappa shape index (κ3) is 6.53. The van der Waals surface area contributed by atoms with Gasteiger partial charge in [-0.2, -0.15) is 4.31 Å². The van der Waals surface area contributed by atoms with E-state index in [-0.39, 0.29) is 34.2 Å². The van der Waals surface area contributed by atoms with Crippen molar-refractivity contribution in [1.82, 2.24) is 19.8 Å². The molecule has 2 fully saturated rings. The number of rotatable bonds is 9. The quantitative estimate of drug-likeness (QED) is 0.296. The van der Waals surface area contributed by atoms with Crippen molar-refractivity contribution in [2.24, 2.45) is 0 Å². The summed E-state index contributed by atoms with van der Waals surface area (Å²) in [6.45, 7) is 5.83. The first-order chi connectivity index (χ1) is 23.5. The predicted octanol–water partition coefficient (Wildman–Crippen LogP) is 4.04. The zero-order valence-electron chi connectivity index (χ0n) is 27.3. The lowest BCUT2D eigenvalue weighted by atomic mass is 9.87. The van der Waals surface area contributed by atoms with Crippen molar-refractivity contribution < 1.29 is 41.4 Å². The Kier molecular flexibility index (Phi) is 10.0. The third-order valence-corrected chi connectivity index (χ3v) is 11.1. The fourth-order valence-corrected chi connectivity index (χ4v) is 8.14. The summed E-state index contributed by atoms with van der Waals surface area (Å²) in [7, 11) is -1.18. The lowest BCUT2D eigenvalue weighted by Crippen LogP contribution is -2.53. The maximum absolute atomic E-state index is 15.3. The molecule has 3 aromatic rings. The van der Waals surface area contributed by atoms with Gasteiger partial charge in [0.05, 0.1) is 34.9 Å². The van der Waals surface area contributed by atoms with Gasteiger partial charge in [0, 0.05) is 44.0 Å². The number of ether oxygens (including phenoxy) is 3. The van der Waals surface area contributed by atoms with Gasteiger partial charge >= 0.3 is 6.16 Å². The molecule has 2 aromatic carbocycles. The topological polar surface area (TPSA) is 131 Å². The summed E-state index contributed by atoms with van der Waals surface area (Å²) in [6, 6.07) is 10.5. The SMILES string of the molecule is CCOc1ncccc1C1(OC(=O)ON2CCN(C3CCN(C)CC3)CC2)C(=O)N(S(=O)(=O)c2ccc(OC)cc2)c2cc(Cl)c(F)cc21. The summed E-state index contributed by atoms with van der Waals surface area (Å²) >= 11 is 6.16. The number of piperidine rings is 1. The molecule has 0 radical (unpaired) electrons. The van der Waals surface area contributed by atoms with Gasteiger partial charge in [0.15, 0.2) is 0 Å². The molecule has 0 N–H and O–H groups in total. The molecule has 1 aromatic heterocycles. The molecule has 1 amide bonds. The van der Waals surface area contributed by atoms with E-state index >= 15 is 4.39 Å². The highest BCUT2D eigenvalue weighted by atomic mass is 35.5. The van der Waals surface area contributed by atoms with Gasteiger partial charge in [-0.3, -0.25) is 9.69 Å². The lowest BCUT2D eigenvalue weighted by molar-refractivity contribution is -0.168. The molecule has 1 unspecified atom stereocenters. The van der Waals surface area contributed by atoms with E-state index in [0.29, 0.717) is 42.3 Å². The van der Waals surface area contributed by atoms with E-state index in [9.17, 15) is 18.0 Å². The predicted molar refractivity (Wildman–Crippen MR) is 176 cm³/mol. The Bertz CT molecular complexity index is 1820. The standard InChI is InChI=1S/C33H37ClFN5O8S/c1-4-46-30-25(6-5-13-36-30)33(47-32(42)48-39-18-16-38(17-19-39)22-11-14-37(2)15-12-22)26-20-28(35)27(34)21-29(26)40(31(33)41)49(43,44)24-9-7-23(45-3)8-10-24/h5-10,13,20-22H,4,11-12,14-19H2,1-3H3. The molecule has 0 bridgehead atoms. The van der Waals surface area contributed by atoms with Crippen LogP contribution in [0.25, 0.3) is 0 Å². The van der Waals surface area contributed by atoms with Crippen LogP contribution < -0.4 is 13.8 Å². The van der Waals surface area contributed by atoms with E-state index in [4.69, 9.17) is 30.6 Å². The number of aromatic nitrogens is 1. The molecule has 0 aliphatic carbocycles. The van der Waals surface area contributed by atoms with Crippen LogP contribution in [0.1, 0.15) is 30.9 Å². The minimum Gasteiger partial charge on any atom is -0.497 e. The van der Waals surface area contributed by atoms with Gasteiger partial charge in [0.25, 0.3) is 21.5 Å². The number of fused-ring (bicyclic) bond motifs is 1. The molecule has 4 heterocycles. The first-order valence-electron chi connectivity index (χ1n) is 15.9. The summed E-state index contributed by atoms with van der Waals surface area (Å²) in [4.78, 5) is 42.7. The van der Waals surface area contributed by atoms with Gasteiger partial charge < -0.3 is 23.9 Å². The highest BCUT2D eigenvalue weighted by molar-refractivity contribution is 7.93. The number of anilines is 1. The largest absolute Gasteiger partial charge is 0.529 e. The summed E-state index contributed by atoms with van der Waals surface area (Å²) in [5.41, 5.74) is -3.37. The number of methoxy groups -OCH3 is 1. The normalized spacial score (nSPS) is 21.0. The number of halogens is 2. The van der Waals surface area contributed by atoms with E-state index in [2.05, 4.69) is 21.8 Å². The second-order valence-electron chi connectivity index (χ2n) is 11.9. The van der Waals surface area contributed by atoms with Crippen molar-refractivity contribution in [3.8, 4) is 11.6 Å². The van der Waals surface area contributed by atoms with Crippen molar-refractivity contribution in [2.75, 3.05) is 64.3 Å². The van der Waals surface area contributed by atoms with Crippen LogP contribution in [-0.2, 0) is 30.0 Å². The van der Waals surface area contributed by atoms with Gasteiger partial charge in [-0.1, -0.05) is 11.6 Å². The molecule has 0 spiro atoms. The van der Waals surface area contributed by atoms with Crippen LogP contribution in [0.4, 0.5) is 14.9 Å². The Balaban J connectivity index is 1.38. The molecule has 6 rings (SSSR count). The van der Waals surface area contributed by atoms with Crippen LogP contribution in [-0.4, -0.2) is 106 Å². The second-order valence-corrected chi connectivity index (χ2v) is 14.1. The fraction of sp³-hybridized carbons (Fsp3) is 0.424. The average Bonchev–Trinajstić information content (AvgIpc) is 3.33. The zero-order valence-corrected chi connectivity index (χ0v) is 28.9. The number of nitrogens with zero attached hydrogens (tertiary/aromatic N) is 5. The molecule has 1 atom stereocenters. The molecule has 3 aliphatic rings. The van der Waals surface area contributed by atoms with Crippen molar-refractivity contribution in [3.05, 3.63) is 76.7 Å². The smallest absolute Gasteiger partial charge is 0.497 e. The van der Waals surface area contributed by atoms with E-state index in [1.54, 1.807) is 6.92 Å². The number of likely N-dealkylation sites (tertiary alicyclic amines) is 1. The number of hydrogen-bond acceptors (Lipinski definition) is 12. The number of pyridine rings is 1. The molecule has 49 heavy (non-hydrogen) atoms. The zero-order chi connectivity index (χ0) is 34.9. The van der Waals surface area contributed by atoms with Crippen molar-refractivity contribution >= 4 is 39.4 Å². The van der Waals surface area contributed by atoms with Gasteiger partial charge in [0.1, 0.15) is 11.6 Å². The van der Waals surface area contributed by atoms with Crippen LogP contribution in [0.2, 0.25) is 5.02 Å². The van der Waals surface area contributed by atoms with E-state index < -0.39 is 38.5 Å². The van der Waals surface area contributed by atoms with Crippen LogP contribution in [0.5, 0.6) is 11.6 Å². The monoisotopic (exact) mass is 717 g/mol. The summed E-state index contributed by atoms with van der Waals surface area (Å²) in [5, 5.41) is 0.974. The van der Waals surface area contributed by atoms with Gasteiger partial charge in [0.2, 0.25) is 5.88 Å². The van der Waals surface area contributed by atoms with Crippen LogP contribution in [0, 0.1) is 5.82 Å². The molecule has 262 valence electrons. The van der Waals surface area contributed by atoms with E-state index in [1.165, 1.54) is 54.8 Å². The first kappa shape index (κ1) is 34.8. The number of piperazine rings is 1. The fourth-order valence-electron chi connectivity index (χ4n) is 6.54. The van der Waals surface area contributed by atoms with Gasteiger partial charge in [-0.15, -0.1) is 5.06 Å². The Morgan fingerprint density at radius 1 is 1.04 bits per heavy atom. The molecule has 13 nitrogen and oxygen atoms in total. The minimum absolute atomic E-state index is 0.0932. The minimum atomic E-state index is -4.71. The van der Waals surface area contributed by atoms with E-state index in [0.717, 1.165) is 38.1 Å². The van der Waals surface area contributed by atoms with Crippen LogP contribution in [0.3, 0.4) is 0 Å². The maximum atomic E-state index is 15.3. The molecular formula is C33H37ClFN5O8S. The van der Waals surface area contributed by atoms with Crippen molar-refractivity contribution in [3.63, 3.8) is 0 Å². The summed E-state index contributed by atoms with van der Waals surface area (Å²) in [5.74, 6) is -1.99. The van der Waals surface area contributed by atoms with Gasteiger partial charge in [-0.05, 0) is 88.4 Å². The number of carbonyl (C=O) groups is 2. The Morgan fingerprint density at radius 2 is 1.73 bits per heavy atom. The third-order valence-electron chi connectivity index (χ3n) is 9.07. The Morgan fingerprint density at radius 3 is 2.39 bits per heavy atom. The van der Waals surface area contributed by atoms with Crippen LogP contribution >= 0.6 is 11.6 Å². The number of hydrogen-bond donors (Lipinski definition) is 0. The highest BCUT2D eigenvalue weighted by Gasteiger charge is 2.61. The maximum Gasteiger partial charge on any atom is 0.529 e. The summed E-state index contributed by atoms with van der Waals surface area (Å²) in [6.07, 6.45) is 2.18. The first-order valence-corrected chi connectivity index (χ1v) is 17.7. The Labute approximate surface area is 289 Å². The van der Waals surface area contributed by atoms with Gasteiger partial charge in [-0.25, -0.2) is 22.6 Å². The van der Waals surface area contributed by atoms with Crippen LogP contribution in [0.15, 0.2) is 59.6 Å². The average molecular weight is 718 g/mol. The molecule has 2 saturated heterocycles. The van der Waals surface area contributed by atoms with Crippen molar-refractivity contribution in [1.29, 1.82) is 0 Å². The van der Waals surface area contributed by atoms with E-state index in [1.807, 2.05) is 0 Å². The Hall–Kier alpha value is -4.02. The lowest BCUT2D eigenvalue weighted by Gasteiger charge is -2.41.